The molecule has 4 aromatic rings. The van der Waals surface area contributed by atoms with Crippen LogP contribution in [0.5, 0.6) is 0 Å². The lowest BCUT2D eigenvalue weighted by Gasteiger charge is -2.00. The maximum atomic E-state index is 12.2. The fourth-order valence-corrected chi connectivity index (χ4v) is 2.43. The fourth-order valence-electron chi connectivity index (χ4n) is 2.43. The first-order valence-electron chi connectivity index (χ1n) is 7.09. The molecule has 3 aromatic heterocycles. The van der Waals surface area contributed by atoms with Crippen LogP contribution in [0.4, 0.5) is 5.69 Å². The van der Waals surface area contributed by atoms with E-state index in [-0.39, 0.29) is 23.8 Å². The molecule has 8 nitrogen and oxygen atoms in total. The standard InChI is InChI=1S/C16H10N6O2/c1-17-12-8-18-21-14(12)16-22-20-13(24-16)7-10-6-9-4-2-3-5-11(9)19-15(10)23/h2-6,8H,7H2,(H,18,21)(H,19,23). The maximum Gasteiger partial charge on any atom is 0.255 e. The molecule has 0 spiro atoms. The van der Waals surface area contributed by atoms with E-state index in [0.717, 1.165) is 10.9 Å². The van der Waals surface area contributed by atoms with E-state index in [9.17, 15) is 4.79 Å². The second kappa shape index (κ2) is 5.48. The van der Waals surface area contributed by atoms with Gasteiger partial charge in [-0.3, -0.25) is 9.89 Å². The van der Waals surface area contributed by atoms with Gasteiger partial charge in [0.1, 0.15) is 5.69 Å². The minimum Gasteiger partial charge on any atom is -0.420 e. The van der Waals surface area contributed by atoms with Crippen molar-refractivity contribution in [1.82, 2.24) is 25.4 Å². The number of H-pyrrole nitrogens is 2. The summed E-state index contributed by atoms with van der Waals surface area (Å²) in [6, 6.07) is 9.33. The monoisotopic (exact) mass is 318 g/mol. The summed E-state index contributed by atoms with van der Waals surface area (Å²) in [7, 11) is 0. The van der Waals surface area contributed by atoms with Gasteiger partial charge in [0.2, 0.25) is 11.6 Å². The number of aromatic nitrogens is 5. The Bertz CT molecular complexity index is 1130. The fraction of sp³-hybridized carbons (Fsp3) is 0.0625. The van der Waals surface area contributed by atoms with Gasteiger partial charge in [-0.15, -0.1) is 10.2 Å². The molecule has 0 bridgehead atoms. The van der Waals surface area contributed by atoms with Gasteiger partial charge >= 0.3 is 0 Å². The van der Waals surface area contributed by atoms with Crippen LogP contribution < -0.4 is 5.56 Å². The highest BCUT2D eigenvalue weighted by Crippen LogP contribution is 2.26. The molecule has 2 N–H and O–H groups in total. The van der Waals surface area contributed by atoms with Gasteiger partial charge in [-0.25, -0.2) is 4.85 Å². The van der Waals surface area contributed by atoms with Gasteiger partial charge in [0.25, 0.3) is 11.4 Å². The Morgan fingerprint density at radius 3 is 3.00 bits per heavy atom. The Kier molecular flexibility index (Phi) is 3.17. The van der Waals surface area contributed by atoms with Gasteiger partial charge in [-0.2, -0.15) is 5.10 Å². The molecule has 1 aromatic carbocycles. The lowest BCUT2D eigenvalue weighted by atomic mass is 10.1. The van der Waals surface area contributed by atoms with Crippen LogP contribution in [0.25, 0.3) is 27.3 Å². The number of nitrogens with zero attached hydrogens (tertiary/aromatic N) is 4. The first-order valence-corrected chi connectivity index (χ1v) is 7.09. The van der Waals surface area contributed by atoms with Crippen LogP contribution in [-0.2, 0) is 6.42 Å². The van der Waals surface area contributed by atoms with E-state index >= 15 is 0 Å². The molecular formula is C16H10N6O2. The van der Waals surface area contributed by atoms with Crippen molar-refractivity contribution in [2.24, 2.45) is 0 Å². The zero-order valence-electron chi connectivity index (χ0n) is 12.3. The quantitative estimate of drug-likeness (QED) is 0.564. The summed E-state index contributed by atoms with van der Waals surface area (Å²) in [6.07, 6.45) is 1.59. The van der Waals surface area contributed by atoms with E-state index in [0.29, 0.717) is 16.9 Å². The Morgan fingerprint density at radius 2 is 2.12 bits per heavy atom. The number of fused-ring (bicyclic) bond motifs is 1. The number of benzene rings is 1. The van der Waals surface area contributed by atoms with Crippen molar-refractivity contribution in [3.63, 3.8) is 0 Å². The first-order chi connectivity index (χ1) is 11.7. The molecule has 4 rings (SSSR count). The zero-order chi connectivity index (χ0) is 16.5. The van der Waals surface area contributed by atoms with E-state index in [2.05, 4.69) is 30.2 Å². The summed E-state index contributed by atoms with van der Waals surface area (Å²) in [6.45, 7) is 7.07. The molecule has 0 amide bonds. The van der Waals surface area contributed by atoms with E-state index in [4.69, 9.17) is 11.0 Å². The van der Waals surface area contributed by atoms with E-state index < -0.39 is 0 Å². The second-order valence-corrected chi connectivity index (χ2v) is 5.13. The van der Waals surface area contributed by atoms with Crippen LogP contribution in [0.2, 0.25) is 0 Å². The van der Waals surface area contributed by atoms with Gasteiger partial charge in [-0.05, 0) is 17.5 Å². The van der Waals surface area contributed by atoms with Crippen molar-refractivity contribution in [1.29, 1.82) is 0 Å². The highest BCUT2D eigenvalue weighted by molar-refractivity contribution is 5.78. The molecule has 116 valence electrons. The molecule has 0 aliphatic heterocycles. The summed E-state index contributed by atoms with van der Waals surface area (Å²) in [4.78, 5) is 18.3. The Labute approximate surface area is 135 Å². The largest absolute Gasteiger partial charge is 0.420 e. The summed E-state index contributed by atoms with van der Waals surface area (Å²) in [5.41, 5.74) is 1.78. The average Bonchev–Trinajstić information content (AvgIpc) is 3.24. The van der Waals surface area contributed by atoms with E-state index in [1.165, 1.54) is 6.20 Å². The predicted octanol–water partition coefficient (Wildman–Crippen LogP) is 2.44. The van der Waals surface area contributed by atoms with Crippen molar-refractivity contribution in [3.05, 3.63) is 69.8 Å². The van der Waals surface area contributed by atoms with Crippen LogP contribution in [0.1, 0.15) is 11.5 Å². The maximum absolute atomic E-state index is 12.2. The third kappa shape index (κ3) is 2.34. The third-order valence-corrected chi connectivity index (χ3v) is 3.59. The van der Waals surface area contributed by atoms with Crippen LogP contribution in [0.15, 0.2) is 45.7 Å². The predicted molar refractivity (Wildman–Crippen MR) is 85.5 cm³/mol. The summed E-state index contributed by atoms with van der Waals surface area (Å²) in [5, 5.41) is 15.2. The molecule has 24 heavy (non-hydrogen) atoms. The Balaban J connectivity index is 1.68. The number of aromatic amines is 2. The van der Waals surface area contributed by atoms with Crippen LogP contribution >= 0.6 is 0 Å². The van der Waals surface area contributed by atoms with Gasteiger partial charge < -0.3 is 9.40 Å². The SMILES string of the molecule is [C-]#[N+]c1cn[nH]c1-c1nnc(Cc2cc3ccccc3[nH]c2=O)o1. The number of para-hydroxylation sites is 1. The summed E-state index contributed by atoms with van der Waals surface area (Å²) >= 11 is 0. The normalized spacial score (nSPS) is 10.8. The number of hydrogen-bond acceptors (Lipinski definition) is 5. The summed E-state index contributed by atoms with van der Waals surface area (Å²) in [5.74, 6) is 0.460. The van der Waals surface area contributed by atoms with Crippen molar-refractivity contribution in [2.45, 2.75) is 6.42 Å². The highest BCUT2D eigenvalue weighted by atomic mass is 16.4. The topological polar surface area (TPSA) is 105 Å². The van der Waals surface area contributed by atoms with Gasteiger partial charge in [0, 0.05) is 11.1 Å². The van der Waals surface area contributed by atoms with Gasteiger partial charge in [-0.1, -0.05) is 18.2 Å². The van der Waals surface area contributed by atoms with Crippen molar-refractivity contribution in [3.8, 4) is 11.6 Å². The second-order valence-electron chi connectivity index (χ2n) is 5.13. The number of pyridine rings is 1. The molecule has 0 unspecified atom stereocenters. The van der Waals surface area contributed by atoms with Crippen molar-refractivity contribution >= 4 is 16.6 Å². The van der Waals surface area contributed by atoms with Crippen molar-refractivity contribution in [2.75, 3.05) is 0 Å². The Morgan fingerprint density at radius 1 is 1.25 bits per heavy atom. The molecule has 0 saturated heterocycles. The zero-order valence-corrected chi connectivity index (χ0v) is 12.3. The van der Waals surface area contributed by atoms with Crippen LogP contribution in [0.3, 0.4) is 0 Å². The Hall–Kier alpha value is -3.73. The van der Waals surface area contributed by atoms with E-state index in [1.807, 2.05) is 24.3 Å². The first kappa shape index (κ1) is 13.9. The van der Waals surface area contributed by atoms with E-state index in [1.54, 1.807) is 6.07 Å². The summed E-state index contributed by atoms with van der Waals surface area (Å²) < 4.78 is 5.55. The lowest BCUT2D eigenvalue weighted by Crippen LogP contribution is -2.12. The van der Waals surface area contributed by atoms with Gasteiger partial charge in [0.15, 0.2) is 0 Å². The molecule has 0 aliphatic rings. The van der Waals surface area contributed by atoms with Crippen molar-refractivity contribution < 1.29 is 4.42 Å². The lowest BCUT2D eigenvalue weighted by molar-refractivity contribution is 0.516. The molecule has 0 fully saturated rings. The number of rotatable bonds is 3. The number of nitrogens with one attached hydrogen (secondary N) is 2. The van der Waals surface area contributed by atoms with Crippen LogP contribution in [0, 0.1) is 6.57 Å². The minimum absolute atomic E-state index is 0.172. The molecule has 0 saturated carbocycles. The molecule has 8 heteroatoms. The number of hydrogen-bond donors (Lipinski definition) is 2. The molecule has 0 aliphatic carbocycles. The minimum atomic E-state index is -0.197. The van der Waals surface area contributed by atoms with Gasteiger partial charge in [0.05, 0.1) is 19.2 Å². The highest BCUT2D eigenvalue weighted by Gasteiger charge is 2.16. The average molecular weight is 318 g/mol. The molecule has 0 radical (unpaired) electrons. The molecule has 0 atom stereocenters. The molecular weight excluding hydrogens is 308 g/mol. The smallest absolute Gasteiger partial charge is 0.255 e. The molecule has 3 heterocycles. The third-order valence-electron chi connectivity index (χ3n) is 3.59. The van der Waals surface area contributed by atoms with Crippen LogP contribution in [-0.4, -0.2) is 25.4 Å².